The number of para-hydroxylation sites is 1. The van der Waals surface area contributed by atoms with Gasteiger partial charge in [-0.05, 0) is 35.8 Å². The van der Waals surface area contributed by atoms with E-state index in [1.54, 1.807) is 22.2 Å². The third-order valence-corrected chi connectivity index (χ3v) is 3.74. The molecule has 0 radical (unpaired) electrons. The second-order valence-electron chi connectivity index (χ2n) is 4.12. The minimum atomic E-state index is 0.291. The molecule has 2 aromatic heterocycles. The lowest BCUT2D eigenvalue weighted by molar-refractivity contribution is 0.290. The molecule has 0 amide bonds. The van der Waals surface area contributed by atoms with Crippen molar-refractivity contribution in [2.24, 2.45) is 5.10 Å². The third kappa shape index (κ3) is 3.45. The molecular weight excluding hydrogens is 304 g/mol. The van der Waals surface area contributed by atoms with Crippen LogP contribution in [0, 0.1) is 4.77 Å². The van der Waals surface area contributed by atoms with Crippen LogP contribution in [-0.4, -0.2) is 21.1 Å². The quantitative estimate of drug-likeness (QED) is 0.579. The number of ether oxygens (including phenoxy) is 1. The molecule has 0 saturated carbocycles. The fourth-order valence-electron chi connectivity index (χ4n) is 1.68. The molecule has 7 heteroatoms. The second kappa shape index (κ2) is 6.47. The van der Waals surface area contributed by atoms with Crippen molar-refractivity contribution in [2.45, 2.75) is 6.61 Å². The number of hydrogen-bond acceptors (Lipinski definition) is 5. The molecule has 0 aliphatic carbocycles. The molecule has 106 valence electrons. The Labute approximate surface area is 130 Å². The number of thiophene rings is 1. The van der Waals surface area contributed by atoms with Crippen molar-refractivity contribution in [1.29, 1.82) is 0 Å². The number of aromatic amines is 1. The smallest absolute Gasteiger partial charge is 0.216 e. The lowest BCUT2D eigenvalue weighted by Crippen LogP contribution is -2.04. The average Bonchev–Trinajstić information content (AvgIpc) is 3.14. The van der Waals surface area contributed by atoms with Crippen LogP contribution in [0.4, 0.5) is 0 Å². The zero-order valence-corrected chi connectivity index (χ0v) is 12.6. The van der Waals surface area contributed by atoms with Gasteiger partial charge in [-0.1, -0.05) is 24.3 Å². The van der Waals surface area contributed by atoms with Gasteiger partial charge in [0.25, 0.3) is 0 Å². The Morgan fingerprint density at radius 1 is 1.29 bits per heavy atom. The highest BCUT2D eigenvalue weighted by atomic mass is 32.1. The predicted octanol–water partition coefficient (Wildman–Crippen LogP) is 3.46. The van der Waals surface area contributed by atoms with Crippen molar-refractivity contribution >= 4 is 29.8 Å². The Bertz CT molecular complexity index is 775. The number of rotatable bonds is 5. The molecule has 3 aromatic rings. The van der Waals surface area contributed by atoms with E-state index in [4.69, 9.17) is 17.0 Å². The Hall–Kier alpha value is -2.25. The molecule has 5 nitrogen and oxygen atoms in total. The first-order chi connectivity index (χ1) is 10.3. The molecule has 1 N–H and O–H groups in total. The molecule has 0 aliphatic heterocycles. The van der Waals surface area contributed by atoms with E-state index >= 15 is 0 Å². The van der Waals surface area contributed by atoms with E-state index < -0.39 is 0 Å². The van der Waals surface area contributed by atoms with Gasteiger partial charge in [-0.25, -0.2) is 5.10 Å². The number of benzene rings is 1. The first kappa shape index (κ1) is 13.7. The number of nitrogens with one attached hydrogen (secondary N) is 1. The molecule has 0 aliphatic rings. The van der Waals surface area contributed by atoms with Gasteiger partial charge in [0.15, 0.2) is 5.82 Å². The summed E-state index contributed by atoms with van der Waals surface area (Å²) in [6, 6.07) is 13.5. The lowest BCUT2D eigenvalue weighted by atomic mass is 10.3. The maximum Gasteiger partial charge on any atom is 0.216 e. The SMILES string of the molecule is S=c1[nH]nc(COc2ccccc2)n1/N=C/c1cccs1. The van der Waals surface area contributed by atoms with E-state index in [1.165, 1.54) is 0 Å². The minimum Gasteiger partial charge on any atom is -0.486 e. The zero-order chi connectivity index (χ0) is 14.5. The highest BCUT2D eigenvalue weighted by Gasteiger charge is 2.06. The Morgan fingerprint density at radius 2 is 2.14 bits per heavy atom. The van der Waals surface area contributed by atoms with Crippen molar-refractivity contribution in [2.75, 3.05) is 0 Å². The molecule has 0 unspecified atom stereocenters. The van der Waals surface area contributed by atoms with Gasteiger partial charge in [0.2, 0.25) is 4.77 Å². The topological polar surface area (TPSA) is 55.2 Å². The maximum absolute atomic E-state index is 5.66. The van der Waals surface area contributed by atoms with Gasteiger partial charge in [-0.3, -0.25) is 0 Å². The molecule has 0 atom stereocenters. The van der Waals surface area contributed by atoms with E-state index in [1.807, 2.05) is 47.8 Å². The molecule has 21 heavy (non-hydrogen) atoms. The van der Waals surface area contributed by atoms with Crippen LogP contribution in [-0.2, 0) is 6.61 Å². The lowest BCUT2D eigenvalue weighted by Gasteiger charge is -2.04. The summed E-state index contributed by atoms with van der Waals surface area (Å²) in [5, 5.41) is 13.2. The van der Waals surface area contributed by atoms with Gasteiger partial charge in [-0.15, -0.1) is 11.3 Å². The second-order valence-corrected chi connectivity index (χ2v) is 5.48. The van der Waals surface area contributed by atoms with Crippen LogP contribution in [0.1, 0.15) is 10.7 Å². The summed E-state index contributed by atoms with van der Waals surface area (Å²) in [6.07, 6.45) is 1.75. The summed E-state index contributed by atoms with van der Waals surface area (Å²) in [6.45, 7) is 0.291. The molecule has 2 heterocycles. The van der Waals surface area contributed by atoms with Crippen LogP contribution in [0.3, 0.4) is 0 Å². The van der Waals surface area contributed by atoms with Gasteiger partial charge in [0.1, 0.15) is 12.4 Å². The van der Waals surface area contributed by atoms with Crippen LogP contribution in [0.15, 0.2) is 52.9 Å². The van der Waals surface area contributed by atoms with Crippen LogP contribution in [0.5, 0.6) is 5.75 Å². The average molecular weight is 316 g/mol. The largest absolute Gasteiger partial charge is 0.486 e. The van der Waals surface area contributed by atoms with Crippen molar-refractivity contribution in [1.82, 2.24) is 14.9 Å². The summed E-state index contributed by atoms with van der Waals surface area (Å²) in [5.74, 6) is 1.40. The zero-order valence-electron chi connectivity index (χ0n) is 11.0. The van der Waals surface area contributed by atoms with Crippen LogP contribution >= 0.6 is 23.6 Å². The number of aromatic nitrogens is 3. The fraction of sp³-hybridized carbons (Fsp3) is 0.0714. The Morgan fingerprint density at radius 3 is 2.90 bits per heavy atom. The molecular formula is C14H12N4OS2. The van der Waals surface area contributed by atoms with Gasteiger partial charge in [0, 0.05) is 4.88 Å². The molecule has 0 bridgehead atoms. The monoisotopic (exact) mass is 316 g/mol. The first-order valence-electron chi connectivity index (χ1n) is 6.25. The summed E-state index contributed by atoms with van der Waals surface area (Å²) in [7, 11) is 0. The number of nitrogens with zero attached hydrogens (tertiary/aromatic N) is 3. The summed E-state index contributed by atoms with van der Waals surface area (Å²) in [4.78, 5) is 1.05. The summed E-state index contributed by atoms with van der Waals surface area (Å²) >= 11 is 6.79. The number of H-pyrrole nitrogens is 1. The fourth-order valence-corrected chi connectivity index (χ4v) is 2.46. The summed E-state index contributed by atoms with van der Waals surface area (Å²) < 4.78 is 7.67. The van der Waals surface area contributed by atoms with E-state index in [-0.39, 0.29) is 0 Å². The first-order valence-corrected chi connectivity index (χ1v) is 7.54. The van der Waals surface area contributed by atoms with Crippen LogP contribution in [0.2, 0.25) is 0 Å². The third-order valence-electron chi connectivity index (χ3n) is 2.67. The molecule has 0 saturated heterocycles. The van der Waals surface area contributed by atoms with E-state index in [0.29, 0.717) is 17.2 Å². The predicted molar refractivity (Wildman–Crippen MR) is 85.5 cm³/mol. The van der Waals surface area contributed by atoms with Crippen molar-refractivity contribution in [3.63, 3.8) is 0 Å². The Balaban J connectivity index is 1.76. The van der Waals surface area contributed by atoms with Gasteiger partial charge in [-0.2, -0.15) is 14.9 Å². The highest BCUT2D eigenvalue weighted by Crippen LogP contribution is 2.11. The summed E-state index contributed by atoms with van der Waals surface area (Å²) in [5.41, 5.74) is 0. The van der Waals surface area contributed by atoms with Gasteiger partial charge in [0.05, 0.1) is 6.21 Å². The van der Waals surface area contributed by atoms with Gasteiger partial charge >= 0.3 is 0 Å². The van der Waals surface area contributed by atoms with Crippen molar-refractivity contribution < 1.29 is 4.74 Å². The molecule has 3 rings (SSSR count). The standard InChI is InChI=1S/C14H12N4OS2/c20-14-17-16-13(10-19-11-5-2-1-3-6-11)18(14)15-9-12-7-4-8-21-12/h1-9H,10H2,(H,17,20)/b15-9+. The van der Waals surface area contributed by atoms with Gasteiger partial charge < -0.3 is 4.74 Å². The van der Waals surface area contributed by atoms with E-state index in [2.05, 4.69) is 15.3 Å². The van der Waals surface area contributed by atoms with Crippen LogP contribution < -0.4 is 4.74 Å². The highest BCUT2D eigenvalue weighted by molar-refractivity contribution is 7.71. The van der Waals surface area contributed by atoms with E-state index in [0.717, 1.165) is 10.6 Å². The molecule has 0 fully saturated rings. The number of hydrogen-bond donors (Lipinski definition) is 1. The van der Waals surface area contributed by atoms with Crippen LogP contribution in [0.25, 0.3) is 0 Å². The molecule has 1 aromatic carbocycles. The maximum atomic E-state index is 5.66. The van der Waals surface area contributed by atoms with Crippen molar-refractivity contribution in [3.8, 4) is 5.75 Å². The Kier molecular flexibility index (Phi) is 4.23. The minimum absolute atomic E-state index is 0.291. The normalized spacial score (nSPS) is 11.0. The van der Waals surface area contributed by atoms with Crippen molar-refractivity contribution in [3.05, 3.63) is 63.3 Å². The van der Waals surface area contributed by atoms with E-state index in [9.17, 15) is 0 Å². The molecule has 0 spiro atoms.